The van der Waals surface area contributed by atoms with Crippen LogP contribution >= 0.6 is 11.3 Å². The first kappa shape index (κ1) is 13.1. The van der Waals surface area contributed by atoms with E-state index in [0.29, 0.717) is 6.04 Å². The van der Waals surface area contributed by atoms with Crippen molar-refractivity contribution < 1.29 is 0 Å². The van der Waals surface area contributed by atoms with Crippen molar-refractivity contribution in [2.45, 2.75) is 51.1 Å². The lowest BCUT2D eigenvalue weighted by molar-refractivity contribution is 0.185. The Labute approximate surface area is 109 Å². The monoisotopic (exact) mass is 252 g/mol. The van der Waals surface area contributed by atoms with E-state index in [1.165, 1.54) is 44.2 Å². The SMILES string of the molecule is Cc1ccsc1CCN(C)C1CCC(N)CC1. The van der Waals surface area contributed by atoms with Crippen LogP contribution in [0.4, 0.5) is 0 Å². The van der Waals surface area contributed by atoms with Crippen molar-refractivity contribution in [3.8, 4) is 0 Å². The number of nitrogens with zero attached hydrogens (tertiary/aromatic N) is 1. The van der Waals surface area contributed by atoms with Gasteiger partial charge in [-0.05, 0) is 63.1 Å². The van der Waals surface area contributed by atoms with Crippen LogP contribution in [0.1, 0.15) is 36.1 Å². The first-order chi connectivity index (χ1) is 8.16. The van der Waals surface area contributed by atoms with Gasteiger partial charge in [-0.15, -0.1) is 11.3 Å². The van der Waals surface area contributed by atoms with Crippen molar-refractivity contribution in [2.24, 2.45) is 5.73 Å². The van der Waals surface area contributed by atoms with E-state index in [4.69, 9.17) is 5.73 Å². The Morgan fingerprint density at radius 1 is 1.35 bits per heavy atom. The average Bonchev–Trinajstić information content (AvgIpc) is 2.73. The van der Waals surface area contributed by atoms with Gasteiger partial charge in [0.15, 0.2) is 0 Å². The maximum atomic E-state index is 5.95. The molecule has 1 saturated carbocycles. The van der Waals surface area contributed by atoms with E-state index < -0.39 is 0 Å². The van der Waals surface area contributed by atoms with Crippen LogP contribution < -0.4 is 5.73 Å². The van der Waals surface area contributed by atoms with Gasteiger partial charge in [0.25, 0.3) is 0 Å². The summed E-state index contributed by atoms with van der Waals surface area (Å²) in [5.74, 6) is 0. The second-order valence-electron chi connectivity index (χ2n) is 5.33. The summed E-state index contributed by atoms with van der Waals surface area (Å²) in [5, 5.41) is 2.20. The molecule has 1 aliphatic rings. The van der Waals surface area contributed by atoms with Crippen molar-refractivity contribution in [3.05, 3.63) is 21.9 Å². The number of nitrogens with two attached hydrogens (primary N) is 1. The number of rotatable bonds is 4. The number of aryl methyl sites for hydroxylation is 1. The Morgan fingerprint density at radius 2 is 2.06 bits per heavy atom. The van der Waals surface area contributed by atoms with E-state index in [0.717, 1.165) is 6.04 Å². The Hall–Kier alpha value is -0.380. The zero-order valence-corrected chi connectivity index (χ0v) is 11.8. The lowest BCUT2D eigenvalue weighted by Crippen LogP contribution is -2.39. The van der Waals surface area contributed by atoms with Crippen LogP contribution in [0, 0.1) is 6.92 Å². The predicted octanol–water partition coefficient (Wildman–Crippen LogP) is 2.80. The van der Waals surface area contributed by atoms with E-state index in [9.17, 15) is 0 Å². The van der Waals surface area contributed by atoms with Gasteiger partial charge in [0.05, 0.1) is 0 Å². The fourth-order valence-corrected chi connectivity index (χ4v) is 3.56. The largest absolute Gasteiger partial charge is 0.328 e. The smallest absolute Gasteiger partial charge is 0.00935 e. The molecule has 2 N–H and O–H groups in total. The maximum Gasteiger partial charge on any atom is 0.00935 e. The second kappa shape index (κ2) is 5.98. The molecule has 1 fully saturated rings. The minimum atomic E-state index is 0.458. The van der Waals surface area contributed by atoms with Crippen LogP contribution in [0.15, 0.2) is 11.4 Å². The maximum absolute atomic E-state index is 5.95. The molecule has 0 amide bonds. The topological polar surface area (TPSA) is 29.3 Å². The van der Waals surface area contributed by atoms with Gasteiger partial charge in [0.1, 0.15) is 0 Å². The number of hydrogen-bond donors (Lipinski definition) is 1. The van der Waals surface area contributed by atoms with Gasteiger partial charge < -0.3 is 10.6 Å². The van der Waals surface area contributed by atoms with Crippen molar-refractivity contribution in [2.75, 3.05) is 13.6 Å². The molecule has 1 aromatic heterocycles. The minimum absolute atomic E-state index is 0.458. The van der Waals surface area contributed by atoms with E-state index in [1.807, 2.05) is 11.3 Å². The highest BCUT2D eigenvalue weighted by atomic mass is 32.1. The summed E-state index contributed by atoms with van der Waals surface area (Å²) >= 11 is 1.89. The van der Waals surface area contributed by atoms with Crippen molar-refractivity contribution >= 4 is 11.3 Å². The van der Waals surface area contributed by atoms with Crippen LogP contribution in [0.5, 0.6) is 0 Å². The van der Waals surface area contributed by atoms with E-state index in [-0.39, 0.29) is 0 Å². The van der Waals surface area contributed by atoms with Gasteiger partial charge >= 0.3 is 0 Å². The zero-order chi connectivity index (χ0) is 12.3. The molecule has 0 unspecified atom stereocenters. The van der Waals surface area contributed by atoms with E-state index in [2.05, 4.69) is 30.3 Å². The van der Waals surface area contributed by atoms with E-state index >= 15 is 0 Å². The van der Waals surface area contributed by atoms with Crippen molar-refractivity contribution in [1.82, 2.24) is 4.90 Å². The molecule has 0 bridgehead atoms. The number of likely N-dealkylation sites (N-methyl/N-ethyl adjacent to an activating group) is 1. The lowest BCUT2D eigenvalue weighted by atomic mass is 9.91. The zero-order valence-electron chi connectivity index (χ0n) is 11.0. The predicted molar refractivity (Wildman–Crippen MR) is 75.6 cm³/mol. The first-order valence-corrected chi connectivity index (χ1v) is 7.53. The Balaban J connectivity index is 1.77. The summed E-state index contributed by atoms with van der Waals surface area (Å²) in [6, 6.07) is 3.44. The molecule has 2 nitrogen and oxygen atoms in total. The molecule has 0 aliphatic heterocycles. The van der Waals surface area contributed by atoms with Crippen LogP contribution in [0.2, 0.25) is 0 Å². The molecule has 96 valence electrons. The molecule has 0 saturated heterocycles. The molecule has 0 aromatic carbocycles. The molecule has 1 heterocycles. The highest BCUT2D eigenvalue weighted by Crippen LogP contribution is 2.22. The highest BCUT2D eigenvalue weighted by molar-refractivity contribution is 7.10. The molecule has 2 rings (SSSR count). The molecule has 1 aromatic rings. The Kier molecular flexibility index (Phi) is 4.60. The number of thiophene rings is 1. The molecule has 0 radical (unpaired) electrons. The fourth-order valence-electron chi connectivity index (χ4n) is 2.66. The molecule has 0 atom stereocenters. The van der Waals surface area contributed by atoms with Gasteiger partial charge in [0, 0.05) is 23.5 Å². The average molecular weight is 252 g/mol. The summed E-state index contributed by atoms with van der Waals surface area (Å²) in [6.45, 7) is 3.40. The number of hydrogen-bond acceptors (Lipinski definition) is 3. The summed E-state index contributed by atoms with van der Waals surface area (Å²) in [6.07, 6.45) is 6.16. The van der Waals surface area contributed by atoms with Gasteiger partial charge in [0.2, 0.25) is 0 Å². The summed E-state index contributed by atoms with van der Waals surface area (Å²) < 4.78 is 0. The van der Waals surface area contributed by atoms with Gasteiger partial charge in [-0.2, -0.15) is 0 Å². The normalized spacial score (nSPS) is 25.4. The second-order valence-corrected chi connectivity index (χ2v) is 6.33. The summed E-state index contributed by atoms with van der Waals surface area (Å²) in [7, 11) is 2.27. The standard InChI is InChI=1S/C14H24N2S/c1-11-8-10-17-14(11)7-9-16(2)13-5-3-12(15)4-6-13/h8,10,12-13H,3-7,9,15H2,1-2H3. The molecular weight excluding hydrogens is 228 g/mol. The molecular formula is C14H24N2S. The third-order valence-corrected chi connectivity index (χ3v) is 5.11. The van der Waals surface area contributed by atoms with Crippen LogP contribution in [0.3, 0.4) is 0 Å². The summed E-state index contributed by atoms with van der Waals surface area (Å²) in [5.41, 5.74) is 7.40. The molecule has 1 aliphatic carbocycles. The first-order valence-electron chi connectivity index (χ1n) is 6.65. The molecule has 17 heavy (non-hydrogen) atoms. The van der Waals surface area contributed by atoms with Gasteiger partial charge in [-0.3, -0.25) is 0 Å². The Morgan fingerprint density at radius 3 is 2.65 bits per heavy atom. The molecule has 0 spiro atoms. The van der Waals surface area contributed by atoms with Crippen LogP contribution in [-0.4, -0.2) is 30.6 Å². The Bertz CT molecular complexity index is 340. The minimum Gasteiger partial charge on any atom is -0.328 e. The molecule has 3 heteroatoms. The van der Waals surface area contributed by atoms with Crippen LogP contribution in [0.25, 0.3) is 0 Å². The van der Waals surface area contributed by atoms with Crippen LogP contribution in [-0.2, 0) is 6.42 Å². The van der Waals surface area contributed by atoms with Gasteiger partial charge in [-0.25, -0.2) is 0 Å². The quantitative estimate of drug-likeness (QED) is 0.893. The van der Waals surface area contributed by atoms with Crippen molar-refractivity contribution in [1.29, 1.82) is 0 Å². The summed E-state index contributed by atoms with van der Waals surface area (Å²) in [4.78, 5) is 4.08. The fraction of sp³-hybridized carbons (Fsp3) is 0.714. The highest BCUT2D eigenvalue weighted by Gasteiger charge is 2.21. The third-order valence-electron chi connectivity index (χ3n) is 4.02. The van der Waals surface area contributed by atoms with Gasteiger partial charge in [-0.1, -0.05) is 0 Å². The van der Waals surface area contributed by atoms with Crippen molar-refractivity contribution in [3.63, 3.8) is 0 Å². The lowest BCUT2D eigenvalue weighted by Gasteiger charge is -2.33. The third kappa shape index (κ3) is 3.54. The van der Waals surface area contributed by atoms with E-state index in [1.54, 1.807) is 4.88 Å².